The van der Waals surface area contributed by atoms with Gasteiger partial charge in [0.05, 0.1) is 0 Å². The van der Waals surface area contributed by atoms with Gasteiger partial charge in [-0.25, -0.2) is 0 Å². The molecule has 0 saturated heterocycles. The summed E-state index contributed by atoms with van der Waals surface area (Å²) in [4.78, 5) is 0. The second kappa shape index (κ2) is 6.95. The van der Waals surface area contributed by atoms with Gasteiger partial charge in [0.25, 0.3) is 0 Å². The van der Waals surface area contributed by atoms with Gasteiger partial charge in [-0.15, -0.1) is 0 Å². The Hall–Kier alpha value is -0.510. The Morgan fingerprint density at radius 2 is 1.92 bits per heavy atom. The highest BCUT2D eigenvalue weighted by Gasteiger charge is 2.25. The molecular formula is C9H16F3N. The minimum atomic E-state index is -4.01. The van der Waals surface area contributed by atoms with Crippen LogP contribution in [-0.2, 0) is 0 Å². The number of hydrogen-bond acceptors (Lipinski definition) is 1. The first-order chi connectivity index (χ1) is 6.06. The van der Waals surface area contributed by atoms with Crippen LogP contribution in [0.15, 0.2) is 12.2 Å². The summed E-state index contributed by atoms with van der Waals surface area (Å²) in [7, 11) is 0. The quantitative estimate of drug-likeness (QED) is 0.507. The van der Waals surface area contributed by atoms with Gasteiger partial charge >= 0.3 is 6.18 Å². The van der Waals surface area contributed by atoms with E-state index in [1.54, 1.807) is 0 Å². The van der Waals surface area contributed by atoms with Crippen LogP contribution < -0.4 is 5.32 Å². The molecule has 0 aliphatic rings. The van der Waals surface area contributed by atoms with Gasteiger partial charge < -0.3 is 5.32 Å². The van der Waals surface area contributed by atoms with Crippen molar-refractivity contribution in [2.75, 3.05) is 13.1 Å². The molecular weight excluding hydrogens is 179 g/mol. The fourth-order valence-corrected chi connectivity index (χ4v) is 0.891. The van der Waals surface area contributed by atoms with Crippen LogP contribution in [0.25, 0.3) is 0 Å². The Morgan fingerprint density at radius 1 is 1.23 bits per heavy atom. The van der Waals surface area contributed by atoms with Crippen molar-refractivity contribution in [1.82, 2.24) is 5.32 Å². The molecule has 0 heterocycles. The summed E-state index contributed by atoms with van der Waals surface area (Å²) in [6, 6.07) is 0. The summed E-state index contributed by atoms with van der Waals surface area (Å²) in [6.07, 6.45) is 0.255. The maximum atomic E-state index is 11.6. The van der Waals surface area contributed by atoms with Crippen LogP contribution in [0.4, 0.5) is 13.2 Å². The number of hydrogen-bond donors (Lipinski definition) is 1. The lowest BCUT2D eigenvalue weighted by Gasteiger charge is -2.06. The molecule has 1 N–H and O–H groups in total. The van der Waals surface area contributed by atoms with E-state index in [1.165, 1.54) is 0 Å². The predicted molar refractivity (Wildman–Crippen MR) is 47.6 cm³/mol. The third-order valence-electron chi connectivity index (χ3n) is 1.54. The molecule has 0 aliphatic carbocycles. The Balaban J connectivity index is 3.09. The number of allylic oxidation sites excluding steroid dienone is 1. The summed E-state index contributed by atoms with van der Waals surface area (Å²) < 4.78 is 34.9. The fraction of sp³-hybridized carbons (Fsp3) is 0.778. The molecule has 4 heteroatoms. The lowest BCUT2D eigenvalue weighted by molar-refractivity contribution is -0.135. The predicted octanol–water partition coefficient (Wildman–Crippen LogP) is 2.88. The van der Waals surface area contributed by atoms with E-state index >= 15 is 0 Å². The van der Waals surface area contributed by atoms with Crippen molar-refractivity contribution in [3.8, 4) is 0 Å². The summed E-state index contributed by atoms with van der Waals surface area (Å²) in [6.45, 7) is 3.11. The van der Waals surface area contributed by atoms with E-state index in [-0.39, 0.29) is 6.42 Å². The number of rotatable bonds is 6. The molecule has 0 radical (unpaired) electrons. The van der Waals surface area contributed by atoms with E-state index in [1.807, 2.05) is 19.1 Å². The second-order valence-corrected chi connectivity index (χ2v) is 2.83. The van der Waals surface area contributed by atoms with E-state index in [2.05, 4.69) is 5.32 Å². The molecule has 0 aliphatic heterocycles. The minimum absolute atomic E-state index is 0.166. The monoisotopic (exact) mass is 195 g/mol. The van der Waals surface area contributed by atoms with Crippen molar-refractivity contribution in [1.29, 1.82) is 0 Å². The zero-order valence-corrected chi connectivity index (χ0v) is 7.82. The lowest BCUT2D eigenvalue weighted by Crippen LogP contribution is -2.18. The zero-order chi connectivity index (χ0) is 10.2. The van der Waals surface area contributed by atoms with E-state index in [0.29, 0.717) is 6.54 Å². The molecule has 13 heavy (non-hydrogen) atoms. The van der Waals surface area contributed by atoms with Crippen LogP contribution in [0.5, 0.6) is 0 Å². The van der Waals surface area contributed by atoms with Gasteiger partial charge in [0.15, 0.2) is 0 Å². The lowest BCUT2D eigenvalue weighted by atomic mass is 10.3. The molecule has 0 fully saturated rings. The molecule has 0 aromatic rings. The first kappa shape index (κ1) is 12.5. The van der Waals surface area contributed by atoms with Crippen molar-refractivity contribution in [3.63, 3.8) is 0 Å². The van der Waals surface area contributed by atoms with E-state index < -0.39 is 12.6 Å². The van der Waals surface area contributed by atoms with Gasteiger partial charge in [-0.3, -0.25) is 0 Å². The molecule has 0 bridgehead atoms. The maximum absolute atomic E-state index is 11.6. The zero-order valence-electron chi connectivity index (χ0n) is 7.82. The highest BCUT2D eigenvalue weighted by Crippen LogP contribution is 2.20. The topological polar surface area (TPSA) is 12.0 Å². The first-order valence-corrected chi connectivity index (χ1v) is 4.45. The summed E-state index contributed by atoms with van der Waals surface area (Å²) >= 11 is 0. The molecule has 0 aromatic heterocycles. The molecule has 0 unspecified atom stereocenters. The van der Waals surface area contributed by atoms with Gasteiger partial charge in [-0.1, -0.05) is 12.2 Å². The molecule has 78 valence electrons. The van der Waals surface area contributed by atoms with Crippen LogP contribution in [-0.4, -0.2) is 19.3 Å². The summed E-state index contributed by atoms with van der Waals surface area (Å²) in [5.41, 5.74) is 0. The first-order valence-electron chi connectivity index (χ1n) is 4.45. The average molecular weight is 195 g/mol. The fourth-order valence-electron chi connectivity index (χ4n) is 0.891. The van der Waals surface area contributed by atoms with Crippen molar-refractivity contribution >= 4 is 0 Å². The molecule has 0 aromatic carbocycles. The third kappa shape index (κ3) is 11.5. The summed E-state index contributed by atoms with van der Waals surface area (Å²) in [5, 5.41) is 2.94. The van der Waals surface area contributed by atoms with Crippen LogP contribution >= 0.6 is 0 Å². The van der Waals surface area contributed by atoms with Gasteiger partial charge in [-0.2, -0.15) is 13.2 Å². The smallest absolute Gasteiger partial charge is 0.316 e. The van der Waals surface area contributed by atoms with Crippen molar-refractivity contribution in [3.05, 3.63) is 12.2 Å². The van der Waals surface area contributed by atoms with E-state index in [9.17, 15) is 13.2 Å². The normalized spacial score (nSPS) is 12.6. The van der Waals surface area contributed by atoms with Crippen LogP contribution in [0.1, 0.15) is 26.2 Å². The number of halogens is 3. The third-order valence-corrected chi connectivity index (χ3v) is 1.54. The van der Waals surface area contributed by atoms with E-state index in [0.717, 1.165) is 13.0 Å². The number of alkyl halides is 3. The highest BCUT2D eigenvalue weighted by atomic mass is 19.4. The largest absolute Gasteiger partial charge is 0.389 e. The Morgan fingerprint density at radius 3 is 2.46 bits per heavy atom. The standard InChI is InChI=1S/C9H16F3N/c1-2-3-4-7-13-8-5-6-9(10,11)12/h2-3,13H,4-8H2,1H3/b3-2+. The van der Waals surface area contributed by atoms with E-state index in [4.69, 9.17) is 0 Å². The van der Waals surface area contributed by atoms with Gasteiger partial charge in [0.2, 0.25) is 0 Å². The molecule has 0 atom stereocenters. The van der Waals surface area contributed by atoms with Gasteiger partial charge in [-0.05, 0) is 32.9 Å². The van der Waals surface area contributed by atoms with Crippen molar-refractivity contribution < 1.29 is 13.2 Å². The molecule has 0 spiro atoms. The number of nitrogens with one attached hydrogen (secondary N) is 1. The highest BCUT2D eigenvalue weighted by molar-refractivity contribution is 4.77. The Labute approximate surface area is 77.0 Å². The molecule has 0 rings (SSSR count). The SMILES string of the molecule is C/C=C/CCNCCCC(F)(F)F. The molecule has 0 saturated carbocycles. The molecule has 1 nitrogen and oxygen atoms in total. The second-order valence-electron chi connectivity index (χ2n) is 2.83. The maximum Gasteiger partial charge on any atom is 0.389 e. The van der Waals surface area contributed by atoms with Crippen LogP contribution in [0.2, 0.25) is 0 Å². The van der Waals surface area contributed by atoms with Gasteiger partial charge in [0.1, 0.15) is 0 Å². The van der Waals surface area contributed by atoms with Gasteiger partial charge in [0, 0.05) is 6.42 Å². The van der Waals surface area contributed by atoms with Crippen molar-refractivity contribution in [2.24, 2.45) is 0 Å². The van der Waals surface area contributed by atoms with Crippen molar-refractivity contribution in [2.45, 2.75) is 32.4 Å². The van der Waals surface area contributed by atoms with Crippen LogP contribution in [0, 0.1) is 0 Å². The Kier molecular flexibility index (Phi) is 6.68. The van der Waals surface area contributed by atoms with Crippen LogP contribution in [0.3, 0.4) is 0 Å². The average Bonchev–Trinajstić information content (AvgIpc) is 2.01. The Bertz CT molecular complexity index is 140. The minimum Gasteiger partial charge on any atom is -0.316 e. The summed E-state index contributed by atoms with van der Waals surface area (Å²) in [5.74, 6) is 0. The molecule has 0 amide bonds.